The number of aryl methyl sites for hydroxylation is 1. The normalized spacial score (nSPS) is 15.8. The molecule has 0 aliphatic carbocycles. The largest absolute Gasteiger partial charge is 0.334 e. The fourth-order valence-corrected chi connectivity index (χ4v) is 3.53. The molecule has 0 unspecified atom stereocenters. The van der Waals surface area contributed by atoms with E-state index < -0.39 is 5.54 Å². The fourth-order valence-electron chi connectivity index (χ4n) is 3.02. The van der Waals surface area contributed by atoms with Crippen molar-refractivity contribution in [3.8, 4) is 6.07 Å². The van der Waals surface area contributed by atoms with Gasteiger partial charge in [0.2, 0.25) is 0 Å². The first kappa shape index (κ1) is 19.7. The van der Waals surface area contributed by atoms with Gasteiger partial charge in [-0.2, -0.15) is 5.26 Å². The molecule has 1 saturated heterocycles. The lowest BCUT2D eigenvalue weighted by Gasteiger charge is -2.29. The lowest BCUT2D eigenvalue weighted by Crippen LogP contribution is -2.44. The highest BCUT2D eigenvalue weighted by Gasteiger charge is 2.49. The van der Waals surface area contributed by atoms with E-state index in [1.807, 2.05) is 31.7 Å². The Morgan fingerprint density at radius 1 is 1.35 bits per heavy atom. The molecule has 0 saturated carbocycles. The highest BCUT2D eigenvalue weighted by molar-refractivity contribution is 7.80. The lowest BCUT2D eigenvalue weighted by molar-refractivity contribution is -0.123. The number of azide groups is 1. The van der Waals surface area contributed by atoms with Crippen LogP contribution >= 0.6 is 12.2 Å². The van der Waals surface area contributed by atoms with Crippen molar-refractivity contribution in [1.82, 2.24) is 4.90 Å². The van der Waals surface area contributed by atoms with Crippen molar-refractivity contribution in [3.63, 3.8) is 0 Å². The molecule has 0 aromatic heterocycles. The summed E-state index contributed by atoms with van der Waals surface area (Å²) in [6.45, 7) is 6.74. The smallest absolute Gasteiger partial charge is 0.258 e. The minimum atomic E-state index is -0.719. The van der Waals surface area contributed by atoms with Crippen LogP contribution in [0.3, 0.4) is 0 Å². The molecule has 8 heteroatoms. The zero-order chi connectivity index (χ0) is 19.3. The van der Waals surface area contributed by atoms with E-state index in [4.69, 9.17) is 23.0 Å². The van der Waals surface area contributed by atoms with Crippen LogP contribution in [0.1, 0.15) is 44.2 Å². The molecular formula is C18H22N6OS. The maximum absolute atomic E-state index is 13.0. The molecule has 26 heavy (non-hydrogen) atoms. The van der Waals surface area contributed by atoms with Crippen LogP contribution in [0.4, 0.5) is 5.69 Å². The van der Waals surface area contributed by atoms with Gasteiger partial charge >= 0.3 is 0 Å². The fraction of sp³-hybridized carbons (Fsp3) is 0.500. The van der Waals surface area contributed by atoms with Gasteiger partial charge in [0.05, 0.1) is 17.3 Å². The van der Waals surface area contributed by atoms with Crippen molar-refractivity contribution in [2.24, 2.45) is 5.11 Å². The number of amides is 1. The monoisotopic (exact) mass is 370 g/mol. The summed E-state index contributed by atoms with van der Waals surface area (Å²) in [4.78, 5) is 19.2. The quantitative estimate of drug-likeness (QED) is 0.238. The molecule has 136 valence electrons. The minimum Gasteiger partial charge on any atom is -0.334 e. The third-order valence-electron chi connectivity index (χ3n) is 4.62. The van der Waals surface area contributed by atoms with Gasteiger partial charge in [0.15, 0.2) is 5.11 Å². The lowest BCUT2D eigenvalue weighted by atomic mass is 10.0. The van der Waals surface area contributed by atoms with E-state index in [9.17, 15) is 4.79 Å². The summed E-state index contributed by atoms with van der Waals surface area (Å²) in [5.74, 6) is -0.0688. The van der Waals surface area contributed by atoms with Crippen LogP contribution in [0.2, 0.25) is 0 Å². The molecule has 1 fully saturated rings. The van der Waals surface area contributed by atoms with Crippen LogP contribution in [0.25, 0.3) is 10.4 Å². The molecule has 1 heterocycles. The predicted octanol–water partition coefficient (Wildman–Crippen LogP) is 4.06. The van der Waals surface area contributed by atoms with Crippen LogP contribution in [0.5, 0.6) is 0 Å². The molecule has 0 atom stereocenters. The molecule has 0 N–H and O–H groups in total. The van der Waals surface area contributed by atoms with Crippen molar-refractivity contribution in [1.29, 1.82) is 5.26 Å². The number of unbranched alkanes of at least 4 members (excludes halogenated alkanes) is 2. The molecule has 1 aromatic rings. The Hall–Kier alpha value is -2.62. The van der Waals surface area contributed by atoms with Crippen LogP contribution in [0, 0.1) is 18.3 Å². The molecule has 1 aromatic carbocycles. The maximum atomic E-state index is 13.0. The summed E-state index contributed by atoms with van der Waals surface area (Å²) in [5, 5.41) is 13.1. The highest BCUT2D eigenvalue weighted by Crippen LogP contribution is 2.33. The number of carbonyl (C=O) groups is 1. The summed E-state index contributed by atoms with van der Waals surface area (Å²) >= 11 is 5.59. The average molecular weight is 370 g/mol. The number of carbonyl (C=O) groups excluding carboxylic acids is 1. The Morgan fingerprint density at radius 2 is 2.08 bits per heavy atom. The summed E-state index contributed by atoms with van der Waals surface area (Å²) < 4.78 is 0. The van der Waals surface area contributed by atoms with Gasteiger partial charge in [0.1, 0.15) is 5.54 Å². The van der Waals surface area contributed by atoms with E-state index in [1.54, 1.807) is 17.0 Å². The summed E-state index contributed by atoms with van der Waals surface area (Å²) in [6.07, 6.45) is 2.58. The molecule has 2 rings (SSSR count). The Labute approximate surface area is 158 Å². The van der Waals surface area contributed by atoms with Gasteiger partial charge in [-0.15, -0.1) is 0 Å². The van der Waals surface area contributed by atoms with Gasteiger partial charge in [-0.25, -0.2) is 0 Å². The zero-order valence-electron chi connectivity index (χ0n) is 15.3. The SMILES string of the molecule is Cc1cc(N2C(=O)C(C)(C)N(CCCCCN=[N+]=[N-])C2=S)ccc1C#N. The topological polar surface area (TPSA) is 96.1 Å². The summed E-state index contributed by atoms with van der Waals surface area (Å²) in [7, 11) is 0. The van der Waals surface area contributed by atoms with E-state index in [0.29, 0.717) is 29.5 Å². The number of thiocarbonyl (C=S) groups is 1. The maximum Gasteiger partial charge on any atom is 0.258 e. The molecule has 7 nitrogen and oxygen atoms in total. The first-order valence-corrected chi connectivity index (χ1v) is 8.93. The number of hydrogen-bond donors (Lipinski definition) is 0. The third kappa shape index (κ3) is 3.79. The third-order valence-corrected chi connectivity index (χ3v) is 5.02. The minimum absolute atomic E-state index is 0.0688. The van der Waals surface area contributed by atoms with Crippen molar-refractivity contribution in [3.05, 3.63) is 39.8 Å². The van der Waals surface area contributed by atoms with E-state index in [-0.39, 0.29) is 5.91 Å². The first-order chi connectivity index (χ1) is 12.3. The molecule has 0 radical (unpaired) electrons. The van der Waals surface area contributed by atoms with Crippen molar-refractivity contribution in [2.45, 2.75) is 45.6 Å². The number of benzene rings is 1. The molecule has 1 aliphatic heterocycles. The highest BCUT2D eigenvalue weighted by atomic mass is 32.1. The van der Waals surface area contributed by atoms with Gasteiger partial charge in [-0.05, 0) is 75.1 Å². The Balaban J connectivity index is 2.14. The van der Waals surface area contributed by atoms with Crippen LogP contribution in [-0.2, 0) is 4.79 Å². The number of nitrogens with zero attached hydrogens (tertiary/aromatic N) is 6. The predicted molar refractivity (Wildman–Crippen MR) is 105 cm³/mol. The van der Waals surface area contributed by atoms with Gasteiger partial charge < -0.3 is 4.90 Å². The van der Waals surface area contributed by atoms with Crippen LogP contribution in [0.15, 0.2) is 23.3 Å². The second-order valence-corrected chi connectivity index (χ2v) is 7.13. The standard InChI is InChI=1S/C18H22N6OS/c1-13-11-15(8-7-14(13)12-19)24-16(25)18(2,3)23(17(24)26)10-6-4-5-9-21-22-20/h7-8,11H,4-6,9-10H2,1-3H3. The van der Waals surface area contributed by atoms with Crippen molar-refractivity contribution >= 4 is 28.9 Å². The summed E-state index contributed by atoms with van der Waals surface area (Å²) in [6, 6.07) is 7.43. The number of anilines is 1. The van der Waals surface area contributed by atoms with Crippen LogP contribution in [-0.4, -0.2) is 34.5 Å². The first-order valence-electron chi connectivity index (χ1n) is 8.52. The molecule has 1 amide bonds. The molecule has 0 spiro atoms. The van der Waals surface area contributed by atoms with Gasteiger partial charge in [0, 0.05) is 18.0 Å². The average Bonchev–Trinajstić information content (AvgIpc) is 2.77. The van der Waals surface area contributed by atoms with E-state index in [0.717, 1.165) is 24.8 Å². The Kier molecular flexibility index (Phi) is 6.19. The Morgan fingerprint density at radius 3 is 2.69 bits per heavy atom. The molecule has 0 bridgehead atoms. The molecule has 1 aliphatic rings. The van der Waals surface area contributed by atoms with Crippen molar-refractivity contribution < 1.29 is 4.79 Å². The second kappa shape index (κ2) is 8.17. The van der Waals surface area contributed by atoms with Crippen LogP contribution < -0.4 is 4.90 Å². The van der Waals surface area contributed by atoms with Gasteiger partial charge in [0.25, 0.3) is 5.91 Å². The van der Waals surface area contributed by atoms with E-state index in [1.165, 1.54) is 0 Å². The number of rotatable bonds is 7. The summed E-state index contributed by atoms with van der Waals surface area (Å²) in [5.41, 5.74) is 9.66. The van der Waals surface area contributed by atoms with E-state index in [2.05, 4.69) is 16.1 Å². The molecular weight excluding hydrogens is 348 g/mol. The van der Waals surface area contributed by atoms with E-state index >= 15 is 0 Å². The zero-order valence-corrected chi connectivity index (χ0v) is 16.1. The number of nitriles is 1. The second-order valence-electron chi connectivity index (χ2n) is 6.76. The number of hydrogen-bond acceptors (Lipinski definition) is 4. The van der Waals surface area contributed by atoms with Crippen molar-refractivity contribution in [2.75, 3.05) is 18.0 Å². The van der Waals surface area contributed by atoms with Gasteiger partial charge in [-0.1, -0.05) is 11.5 Å². The Bertz CT molecular complexity index is 806. The van der Waals surface area contributed by atoms with Gasteiger partial charge in [-0.3, -0.25) is 9.69 Å².